The lowest BCUT2D eigenvalue weighted by molar-refractivity contribution is -0.149. The average molecular weight is 250 g/mol. The van der Waals surface area contributed by atoms with Gasteiger partial charge in [-0.3, -0.25) is 0 Å². The fourth-order valence-corrected chi connectivity index (χ4v) is 1.51. The number of hydrogen-bond donors (Lipinski definition) is 1. The summed E-state index contributed by atoms with van der Waals surface area (Å²) in [5, 5.41) is 9.20. The molecule has 0 fully saturated rings. The highest BCUT2D eigenvalue weighted by atomic mass is 16.6. The maximum absolute atomic E-state index is 11.8. The molecule has 0 atom stereocenters. The van der Waals surface area contributed by atoms with Gasteiger partial charge in [-0.15, -0.1) is 0 Å². The first kappa shape index (κ1) is 14.7. The topological polar surface area (TPSA) is 46.5 Å². The summed E-state index contributed by atoms with van der Waals surface area (Å²) in [6.45, 7) is 9.47. The maximum Gasteiger partial charge on any atom is 0.338 e. The Balaban J connectivity index is 2.80. The quantitative estimate of drug-likeness (QED) is 0.783. The molecule has 0 radical (unpaired) electrons. The maximum atomic E-state index is 11.8. The minimum Gasteiger partial charge on any atom is -0.456 e. The molecule has 0 aromatic heterocycles. The van der Waals surface area contributed by atoms with Gasteiger partial charge in [0.05, 0.1) is 12.2 Å². The second-order valence-electron chi connectivity index (χ2n) is 6.23. The van der Waals surface area contributed by atoms with Gasteiger partial charge in [0.25, 0.3) is 0 Å². The van der Waals surface area contributed by atoms with Crippen LogP contribution in [0.2, 0.25) is 0 Å². The molecule has 18 heavy (non-hydrogen) atoms. The van der Waals surface area contributed by atoms with Crippen molar-refractivity contribution in [3.63, 3.8) is 0 Å². The van der Waals surface area contributed by atoms with E-state index in [1.54, 1.807) is 12.2 Å². The molecule has 0 saturated carbocycles. The molecule has 0 spiro atoms. The summed E-state index contributed by atoms with van der Waals surface area (Å²) >= 11 is 0. The Morgan fingerprint density at radius 3 is 2.39 bits per heavy atom. The van der Waals surface area contributed by atoms with E-state index in [9.17, 15) is 9.90 Å². The van der Waals surface area contributed by atoms with Crippen LogP contribution in [0.5, 0.6) is 0 Å². The molecule has 3 nitrogen and oxygen atoms in total. The number of ether oxygens (including phenoxy) is 1. The molecule has 1 N–H and O–H groups in total. The minimum atomic E-state index is -0.484. The van der Waals surface area contributed by atoms with Crippen molar-refractivity contribution in [3.05, 3.63) is 35.5 Å². The smallest absolute Gasteiger partial charge is 0.338 e. The Morgan fingerprint density at radius 2 is 1.89 bits per heavy atom. The number of carbonyl (C=O) groups excluding carboxylic acids is 1. The second kappa shape index (κ2) is 5.11. The molecule has 1 aliphatic carbocycles. The van der Waals surface area contributed by atoms with Crippen LogP contribution in [-0.2, 0) is 9.53 Å². The average Bonchev–Trinajstić information content (AvgIpc) is 2.63. The largest absolute Gasteiger partial charge is 0.456 e. The Hall–Kier alpha value is -1.35. The van der Waals surface area contributed by atoms with Crippen molar-refractivity contribution in [2.45, 2.75) is 40.2 Å². The summed E-state index contributed by atoms with van der Waals surface area (Å²) in [6.07, 6.45) is 7.33. The van der Waals surface area contributed by atoms with E-state index in [0.29, 0.717) is 5.57 Å². The number of aliphatic hydroxyl groups excluding tert-OH is 1. The highest BCUT2D eigenvalue weighted by Crippen LogP contribution is 2.24. The molecule has 0 bridgehead atoms. The van der Waals surface area contributed by atoms with Crippen LogP contribution in [0.3, 0.4) is 0 Å². The van der Waals surface area contributed by atoms with Crippen molar-refractivity contribution >= 4 is 5.97 Å². The van der Waals surface area contributed by atoms with Crippen molar-refractivity contribution in [3.8, 4) is 0 Å². The van der Waals surface area contributed by atoms with Gasteiger partial charge in [-0.1, -0.05) is 26.0 Å². The first-order valence-electron chi connectivity index (χ1n) is 6.10. The summed E-state index contributed by atoms with van der Waals surface area (Å²) in [6, 6.07) is 0. The fourth-order valence-electron chi connectivity index (χ4n) is 1.51. The summed E-state index contributed by atoms with van der Waals surface area (Å²) in [5.41, 5.74) is 0.696. The number of aliphatic hydroxyl groups is 1. The molecule has 1 rings (SSSR count). The summed E-state index contributed by atoms with van der Waals surface area (Å²) < 4.78 is 5.29. The monoisotopic (exact) mass is 250 g/mol. The van der Waals surface area contributed by atoms with Crippen molar-refractivity contribution in [1.82, 2.24) is 0 Å². The van der Waals surface area contributed by atoms with E-state index in [1.807, 2.05) is 46.8 Å². The summed E-state index contributed by atoms with van der Waals surface area (Å²) in [7, 11) is 0. The number of hydrogen-bond acceptors (Lipinski definition) is 3. The van der Waals surface area contributed by atoms with Crippen LogP contribution in [0.25, 0.3) is 0 Å². The Bertz CT molecular complexity index is 418. The lowest BCUT2D eigenvalue weighted by Gasteiger charge is -2.19. The molecule has 0 aliphatic heterocycles. The normalized spacial score (nSPS) is 18.1. The highest BCUT2D eigenvalue weighted by Gasteiger charge is 2.21. The summed E-state index contributed by atoms with van der Waals surface area (Å²) in [4.78, 5) is 11.8. The molecule has 100 valence electrons. The van der Waals surface area contributed by atoms with Gasteiger partial charge in [-0.25, -0.2) is 4.79 Å². The van der Waals surface area contributed by atoms with Crippen LogP contribution in [0, 0.1) is 5.41 Å². The van der Waals surface area contributed by atoms with E-state index in [4.69, 9.17) is 4.74 Å². The number of rotatable bonds is 3. The second-order valence-corrected chi connectivity index (χ2v) is 6.23. The van der Waals surface area contributed by atoms with Gasteiger partial charge in [0.15, 0.2) is 0 Å². The molecule has 1 aliphatic rings. The van der Waals surface area contributed by atoms with Gasteiger partial charge < -0.3 is 9.84 Å². The number of esters is 1. The van der Waals surface area contributed by atoms with Gasteiger partial charge in [0, 0.05) is 5.41 Å². The van der Waals surface area contributed by atoms with Gasteiger partial charge >= 0.3 is 5.97 Å². The first-order valence-corrected chi connectivity index (χ1v) is 6.10. The Kier molecular flexibility index (Phi) is 4.17. The van der Waals surface area contributed by atoms with Gasteiger partial charge in [-0.05, 0) is 38.5 Å². The van der Waals surface area contributed by atoms with Crippen molar-refractivity contribution in [1.29, 1.82) is 0 Å². The predicted octanol–water partition coefficient (Wildman–Crippen LogP) is 2.77. The Morgan fingerprint density at radius 1 is 1.28 bits per heavy atom. The Labute approximate surface area is 109 Å². The van der Waals surface area contributed by atoms with E-state index in [1.165, 1.54) is 0 Å². The molecular weight excluding hydrogens is 228 g/mol. The van der Waals surface area contributed by atoms with Crippen LogP contribution in [-0.4, -0.2) is 23.3 Å². The molecule has 3 heteroatoms. The molecular formula is C15H22O3. The van der Waals surface area contributed by atoms with Crippen LogP contribution in [0.15, 0.2) is 35.5 Å². The molecule has 0 unspecified atom stereocenters. The number of carbonyl (C=O) groups is 1. The van der Waals surface area contributed by atoms with Crippen LogP contribution < -0.4 is 0 Å². The summed E-state index contributed by atoms with van der Waals surface area (Å²) in [5.74, 6) is -0.316. The lowest BCUT2D eigenvalue weighted by atomic mass is 9.92. The molecule has 0 aromatic carbocycles. The van der Waals surface area contributed by atoms with Crippen LogP contribution >= 0.6 is 0 Å². The van der Waals surface area contributed by atoms with Gasteiger partial charge in [0.1, 0.15) is 5.60 Å². The third-order valence-electron chi connectivity index (χ3n) is 2.38. The first-order chi connectivity index (χ1) is 8.13. The van der Waals surface area contributed by atoms with Crippen molar-refractivity contribution < 1.29 is 14.6 Å². The third kappa shape index (κ3) is 4.49. The number of allylic oxidation sites excluding steroid dienone is 3. The molecule has 0 amide bonds. The van der Waals surface area contributed by atoms with Crippen molar-refractivity contribution in [2.24, 2.45) is 5.41 Å². The zero-order valence-corrected chi connectivity index (χ0v) is 11.8. The minimum absolute atomic E-state index is 0.0694. The fraction of sp³-hybridized carbons (Fsp3) is 0.533. The van der Waals surface area contributed by atoms with Crippen LogP contribution in [0.4, 0.5) is 0 Å². The lowest BCUT2D eigenvalue weighted by Crippen LogP contribution is -2.24. The van der Waals surface area contributed by atoms with Crippen molar-refractivity contribution in [2.75, 3.05) is 6.61 Å². The van der Waals surface area contributed by atoms with E-state index < -0.39 is 5.60 Å². The predicted molar refractivity (Wildman–Crippen MR) is 72.0 cm³/mol. The van der Waals surface area contributed by atoms with E-state index in [0.717, 1.165) is 5.57 Å². The van der Waals surface area contributed by atoms with Crippen LogP contribution in [0.1, 0.15) is 34.6 Å². The molecule has 0 aromatic rings. The standard InChI is InChI=1S/C15H22O3/c1-14(2,3)18-13(17)12-7-6-11(8-12)9-15(4,5)10-16/h6-9,16H,10H2,1-5H3. The highest BCUT2D eigenvalue weighted by molar-refractivity contribution is 5.94. The third-order valence-corrected chi connectivity index (χ3v) is 2.38. The zero-order valence-electron chi connectivity index (χ0n) is 11.8. The zero-order chi connectivity index (χ0) is 14.0. The molecule has 0 saturated heterocycles. The molecule has 0 heterocycles. The van der Waals surface area contributed by atoms with E-state index in [-0.39, 0.29) is 18.0 Å². The van der Waals surface area contributed by atoms with E-state index >= 15 is 0 Å². The SMILES string of the molecule is CC(C)(C=C1C=CC(C(=O)OC(C)(C)C)=C1)CO. The van der Waals surface area contributed by atoms with E-state index in [2.05, 4.69) is 0 Å². The van der Waals surface area contributed by atoms with Gasteiger partial charge in [0.2, 0.25) is 0 Å². The van der Waals surface area contributed by atoms with Gasteiger partial charge in [-0.2, -0.15) is 0 Å².